The van der Waals surface area contributed by atoms with Crippen molar-refractivity contribution in [3.8, 4) is 0 Å². The molecule has 0 spiro atoms. The lowest BCUT2D eigenvalue weighted by atomic mass is 10.4. The minimum Gasteiger partial charge on any atom is -0.373 e. The number of aryl methyl sites for hydroxylation is 1. The molecule has 0 amide bonds. The monoisotopic (exact) mass is 111 g/mol. The number of H-pyrrole nitrogens is 1. The van der Waals surface area contributed by atoms with Crippen LogP contribution in [0.4, 0.5) is 5.82 Å². The van der Waals surface area contributed by atoms with Crippen molar-refractivity contribution in [1.82, 2.24) is 10.2 Å². The zero-order valence-corrected chi connectivity index (χ0v) is 5.02. The van der Waals surface area contributed by atoms with Crippen LogP contribution in [0, 0.1) is 6.92 Å². The minimum atomic E-state index is 0.991. The van der Waals surface area contributed by atoms with E-state index in [0.717, 1.165) is 11.4 Å². The van der Waals surface area contributed by atoms with E-state index in [1.807, 2.05) is 14.0 Å². The van der Waals surface area contributed by atoms with E-state index >= 15 is 0 Å². The van der Waals surface area contributed by atoms with Gasteiger partial charge < -0.3 is 5.32 Å². The van der Waals surface area contributed by atoms with Crippen LogP contribution in [0.5, 0.6) is 0 Å². The van der Waals surface area contributed by atoms with Crippen LogP contribution < -0.4 is 5.32 Å². The summed E-state index contributed by atoms with van der Waals surface area (Å²) in [6.07, 6.45) is 1.78. The Hall–Kier alpha value is -0.990. The normalized spacial score (nSPS) is 9.25. The van der Waals surface area contributed by atoms with Gasteiger partial charge in [-0.1, -0.05) is 0 Å². The maximum Gasteiger partial charge on any atom is 0.124 e. The molecule has 1 aromatic rings. The molecule has 44 valence electrons. The van der Waals surface area contributed by atoms with Crippen molar-refractivity contribution in [3.05, 3.63) is 11.8 Å². The summed E-state index contributed by atoms with van der Waals surface area (Å²) in [5.41, 5.74) is 1.15. The van der Waals surface area contributed by atoms with Crippen molar-refractivity contribution >= 4 is 5.82 Å². The van der Waals surface area contributed by atoms with E-state index < -0.39 is 0 Å². The summed E-state index contributed by atoms with van der Waals surface area (Å²) >= 11 is 0. The summed E-state index contributed by atoms with van der Waals surface area (Å²) in [6.45, 7) is 2.00. The number of anilines is 1. The molecule has 1 heterocycles. The number of hydrogen-bond donors (Lipinski definition) is 2. The molecule has 0 aromatic carbocycles. The Bertz CT molecular complexity index is 168. The highest BCUT2D eigenvalue weighted by Crippen LogP contribution is 2.05. The lowest BCUT2D eigenvalue weighted by Crippen LogP contribution is -1.88. The van der Waals surface area contributed by atoms with Crippen molar-refractivity contribution in [2.45, 2.75) is 6.92 Å². The fourth-order valence-corrected chi connectivity index (χ4v) is 0.599. The Morgan fingerprint density at radius 3 is 2.75 bits per heavy atom. The fourth-order valence-electron chi connectivity index (χ4n) is 0.599. The maximum atomic E-state index is 3.81. The molecule has 0 unspecified atom stereocenters. The van der Waals surface area contributed by atoms with Gasteiger partial charge in [0.05, 0.1) is 6.20 Å². The number of aromatic amines is 1. The molecule has 0 fully saturated rings. The third-order valence-corrected chi connectivity index (χ3v) is 1.08. The first-order valence-electron chi connectivity index (χ1n) is 2.52. The van der Waals surface area contributed by atoms with E-state index in [4.69, 9.17) is 0 Å². The van der Waals surface area contributed by atoms with Gasteiger partial charge in [-0.2, -0.15) is 5.10 Å². The minimum absolute atomic E-state index is 0.991. The predicted molar refractivity (Wildman–Crippen MR) is 32.9 cm³/mol. The van der Waals surface area contributed by atoms with E-state index in [0.29, 0.717) is 0 Å². The Kier molecular flexibility index (Phi) is 1.20. The van der Waals surface area contributed by atoms with Crippen LogP contribution in [0.25, 0.3) is 0 Å². The van der Waals surface area contributed by atoms with Crippen LogP contribution in [0.1, 0.15) is 5.56 Å². The standard InChI is InChI=1S/C5H9N3/c1-4-3-7-8-5(4)6-2/h3H,1-2H3,(H2,6,7,8). The Labute approximate surface area is 48.1 Å². The predicted octanol–water partition coefficient (Wildman–Crippen LogP) is 0.760. The summed E-state index contributed by atoms with van der Waals surface area (Å²) in [6, 6.07) is 0. The van der Waals surface area contributed by atoms with E-state index in [1.54, 1.807) is 6.20 Å². The molecule has 0 aliphatic heterocycles. The molecule has 0 aliphatic rings. The maximum absolute atomic E-state index is 3.81. The summed E-state index contributed by atoms with van der Waals surface area (Å²) < 4.78 is 0. The van der Waals surface area contributed by atoms with Gasteiger partial charge in [-0.15, -0.1) is 0 Å². The molecule has 0 saturated heterocycles. The SMILES string of the molecule is CNc1[nH]ncc1C. The molecule has 3 nitrogen and oxygen atoms in total. The molecule has 8 heavy (non-hydrogen) atoms. The molecular weight excluding hydrogens is 102 g/mol. The van der Waals surface area contributed by atoms with Crippen LogP contribution in [0.2, 0.25) is 0 Å². The lowest BCUT2D eigenvalue weighted by Gasteiger charge is -1.91. The van der Waals surface area contributed by atoms with Crippen LogP contribution in [0.3, 0.4) is 0 Å². The highest BCUT2D eigenvalue weighted by atomic mass is 15.2. The topological polar surface area (TPSA) is 40.7 Å². The first kappa shape index (κ1) is 5.15. The average Bonchev–Trinajstić information content (AvgIpc) is 2.14. The second kappa shape index (κ2) is 1.86. The van der Waals surface area contributed by atoms with Crippen molar-refractivity contribution in [3.63, 3.8) is 0 Å². The zero-order chi connectivity index (χ0) is 5.98. The van der Waals surface area contributed by atoms with Gasteiger partial charge in [-0.25, -0.2) is 0 Å². The largest absolute Gasteiger partial charge is 0.373 e. The summed E-state index contributed by atoms with van der Waals surface area (Å²) in [5, 5.41) is 9.56. The third-order valence-electron chi connectivity index (χ3n) is 1.08. The molecule has 0 atom stereocenters. The third kappa shape index (κ3) is 0.665. The van der Waals surface area contributed by atoms with Gasteiger partial charge in [-0.05, 0) is 6.92 Å². The van der Waals surface area contributed by atoms with Crippen LogP contribution in [-0.2, 0) is 0 Å². The molecule has 3 heteroatoms. The highest BCUT2D eigenvalue weighted by molar-refractivity contribution is 5.40. The Balaban J connectivity index is 2.92. The average molecular weight is 111 g/mol. The lowest BCUT2D eigenvalue weighted by molar-refractivity contribution is 1.09. The van der Waals surface area contributed by atoms with Crippen LogP contribution in [-0.4, -0.2) is 17.2 Å². The quantitative estimate of drug-likeness (QED) is 0.561. The summed E-state index contributed by atoms with van der Waals surface area (Å²) in [4.78, 5) is 0. The molecule has 0 bridgehead atoms. The summed E-state index contributed by atoms with van der Waals surface area (Å²) in [7, 11) is 1.86. The van der Waals surface area contributed by atoms with Crippen molar-refractivity contribution in [2.24, 2.45) is 0 Å². The molecule has 0 aliphatic carbocycles. The van der Waals surface area contributed by atoms with Crippen molar-refractivity contribution in [1.29, 1.82) is 0 Å². The number of rotatable bonds is 1. The second-order valence-corrected chi connectivity index (χ2v) is 1.68. The van der Waals surface area contributed by atoms with E-state index in [9.17, 15) is 0 Å². The van der Waals surface area contributed by atoms with Gasteiger partial charge in [0, 0.05) is 12.6 Å². The molecule has 1 aromatic heterocycles. The molecule has 1 rings (SSSR count). The second-order valence-electron chi connectivity index (χ2n) is 1.68. The first-order chi connectivity index (χ1) is 3.84. The van der Waals surface area contributed by atoms with E-state index in [-0.39, 0.29) is 0 Å². The molecular formula is C5H9N3. The number of nitrogens with zero attached hydrogens (tertiary/aromatic N) is 1. The van der Waals surface area contributed by atoms with Gasteiger partial charge in [0.2, 0.25) is 0 Å². The van der Waals surface area contributed by atoms with Crippen LogP contribution >= 0.6 is 0 Å². The van der Waals surface area contributed by atoms with E-state index in [2.05, 4.69) is 15.5 Å². The van der Waals surface area contributed by atoms with E-state index in [1.165, 1.54) is 0 Å². The zero-order valence-electron chi connectivity index (χ0n) is 5.02. The van der Waals surface area contributed by atoms with Gasteiger partial charge in [0.25, 0.3) is 0 Å². The Morgan fingerprint density at radius 1 is 1.75 bits per heavy atom. The molecule has 2 N–H and O–H groups in total. The first-order valence-corrected chi connectivity index (χ1v) is 2.52. The number of nitrogens with one attached hydrogen (secondary N) is 2. The van der Waals surface area contributed by atoms with Gasteiger partial charge >= 0.3 is 0 Å². The molecule has 0 radical (unpaired) electrons. The van der Waals surface area contributed by atoms with Crippen LogP contribution in [0.15, 0.2) is 6.20 Å². The van der Waals surface area contributed by atoms with Gasteiger partial charge in [0.1, 0.15) is 5.82 Å². The Morgan fingerprint density at radius 2 is 2.50 bits per heavy atom. The number of aromatic nitrogens is 2. The summed E-state index contributed by atoms with van der Waals surface area (Å²) in [5.74, 6) is 0.991. The number of hydrogen-bond acceptors (Lipinski definition) is 2. The molecule has 0 saturated carbocycles. The fraction of sp³-hybridized carbons (Fsp3) is 0.400. The van der Waals surface area contributed by atoms with Gasteiger partial charge in [-0.3, -0.25) is 5.10 Å². The smallest absolute Gasteiger partial charge is 0.124 e. The highest BCUT2D eigenvalue weighted by Gasteiger charge is 1.92. The van der Waals surface area contributed by atoms with Crippen molar-refractivity contribution < 1.29 is 0 Å². The van der Waals surface area contributed by atoms with Crippen molar-refractivity contribution in [2.75, 3.05) is 12.4 Å². The van der Waals surface area contributed by atoms with Gasteiger partial charge in [0.15, 0.2) is 0 Å².